The highest BCUT2D eigenvalue weighted by Gasteiger charge is 2.44. The molecule has 1 N–H and O–H groups in total. The van der Waals surface area contributed by atoms with Crippen molar-refractivity contribution in [1.29, 1.82) is 0 Å². The molecule has 0 radical (unpaired) electrons. The summed E-state index contributed by atoms with van der Waals surface area (Å²) in [4.78, 5) is 4.39. The summed E-state index contributed by atoms with van der Waals surface area (Å²) < 4.78 is 5.80. The molecule has 1 aromatic rings. The molecule has 0 aliphatic heterocycles. The van der Waals surface area contributed by atoms with Crippen LogP contribution in [0.15, 0.2) is 11.6 Å². The number of methoxy groups -OCH3 is 1. The minimum Gasteiger partial charge on any atom is -0.377 e. The highest BCUT2D eigenvalue weighted by atomic mass is 32.1. The molecular formula is C13H22N2OS. The molecule has 1 aliphatic rings. The van der Waals surface area contributed by atoms with Gasteiger partial charge >= 0.3 is 0 Å². The molecule has 0 spiro atoms. The van der Waals surface area contributed by atoms with Gasteiger partial charge in [-0.1, -0.05) is 6.92 Å². The Bertz CT molecular complexity index is 317. The SMILES string of the molecule is CCCNC(Cc1nccs1)C1(OC)CCC1. The third-order valence-corrected chi connectivity index (χ3v) is 4.55. The van der Waals surface area contributed by atoms with Crippen molar-refractivity contribution in [2.75, 3.05) is 13.7 Å². The van der Waals surface area contributed by atoms with E-state index in [0.29, 0.717) is 6.04 Å². The van der Waals surface area contributed by atoms with E-state index in [1.165, 1.54) is 24.3 Å². The number of hydrogen-bond acceptors (Lipinski definition) is 4. The van der Waals surface area contributed by atoms with Gasteiger partial charge in [-0.3, -0.25) is 0 Å². The Kier molecular flexibility index (Phi) is 4.54. The van der Waals surface area contributed by atoms with Crippen LogP contribution in [0.3, 0.4) is 0 Å². The molecule has 1 fully saturated rings. The van der Waals surface area contributed by atoms with Crippen LogP contribution in [0.25, 0.3) is 0 Å². The van der Waals surface area contributed by atoms with Crippen LogP contribution in [-0.4, -0.2) is 30.3 Å². The standard InChI is InChI=1S/C13H22N2OS/c1-3-7-14-11(10-12-15-8-9-17-12)13(16-2)5-4-6-13/h8-9,11,14H,3-7,10H2,1-2H3. The highest BCUT2D eigenvalue weighted by Crippen LogP contribution is 2.39. The molecule has 3 nitrogen and oxygen atoms in total. The van der Waals surface area contributed by atoms with Crippen LogP contribution in [0.4, 0.5) is 0 Å². The first-order valence-electron chi connectivity index (χ1n) is 6.47. The van der Waals surface area contributed by atoms with Crippen LogP contribution in [0.5, 0.6) is 0 Å². The minimum atomic E-state index is 0.0564. The fourth-order valence-electron chi connectivity index (χ4n) is 2.51. The molecule has 1 unspecified atom stereocenters. The Labute approximate surface area is 108 Å². The van der Waals surface area contributed by atoms with E-state index < -0.39 is 0 Å². The summed E-state index contributed by atoms with van der Waals surface area (Å²) in [5, 5.41) is 6.90. The normalized spacial score (nSPS) is 19.9. The van der Waals surface area contributed by atoms with Crippen LogP contribution in [-0.2, 0) is 11.2 Å². The molecule has 17 heavy (non-hydrogen) atoms. The summed E-state index contributed by atoms with van der Waals surface area (Å²) in [6, 6.07) is 0.410. The Balaban J connectivity index is 2.02. The number of thiazole rings is 1. The van der Waals surface area contributed by atoms with Gasteiger partial charge in [0.2, 0.25) is 0 Å². The lowest BCUT2D eigenvalue weighted by molar-refractivity contribution is -0.0980. The van der Waals surface area contributed by atoms with Gasteiger partial charge in [-0.15, -0.1) is 11.3 Å². The maximum Gasteiger partial charge on any atom is 0.0941 e. The van der Waals surface area contributed by atoms with E-state index in [2.05, 4.69) is 17.2 Å². The van der Waals surface area contributed by atoms with Crippen molar-refractivity contribution in [1.82, 2.24) is 10.3 Å². The molecule has 96 valence electrons. The fourth-order valence-corrected chi connectivity index (χ4v) is 3.17. The number of aromatic nitrogens is 1. The number of nitrogens with zero attached hydrogens (tertiary/aromatic N) is 1. The smallest absolute Gasteiger partial charge is 0.0941 e. The maximum absolute atomic E-state index is 5.80. The van der Waals surface area contributed by atoms with Gasteiger partial charge in [-0.2, -0.15) is 0 Å². The zero-order chi connectivity index (χ0) is 12.1. The predicted molar refractivity (Wildman–Crippen MR) is 71.5 cm³/mol. The van der Waals surface area contributed by atoms with E-state index in [0.717, 1.165) is 19.4 Å². The van der Waals surface area contributed by atoms with Crippen LogP contribution in [0.1, 0.15) is 37.6 Å². The molecule has 0 amide bonds. The van der Waals surface area contributed by atoms with Crippen molar-refractivity contribution >= 4 is 11.3 Å². The number of nitrogens with one attached hydrogen (secondary N) is 1. The van der Waals surface area contributed by atoms with E-state index >= 15 is 0 Å². The second-order valence-corrected chi connectivity index (χ2v) is 5.74. The maximum atomic E-state index is 5.80. The van der Waals surface area contributed by atoms with Gasteiger partial charge in [-0.05, 0) is 32.2 Å². The lowest BCUT2D eigenvalue weighted by atomic mass is 9.73. The Morgan fingerprint density at radius 1 is 1.59 bits per heavy atom. The zero-order valence-corrected chi connectivity index (χ0v) is 11.6. The quantitative estimate of drug-likeness (QED) is 0.812. The van der Waals surface area contributed by atoms with Crippen molar-refractivity contribution in [3.8, 4) is 0 Å². The Morgan fingerprint density at radius 2 is 2.41 bits per heavy atom. The van der Waals surface area contributed by atoms with Crippen LogP contribution >= 0.6 is 11.3 Å². The highest BCUT2D eigenvalue weighted by molar-refractivity contribution is 7.09. The van der Waals surface area contributed by atoms with Crippen LogP contribution < -0.4 is 5.32 Å². The van der Waals surface area contributed by atoms with Crippen molar-refractivity contribution < 1.29 is 4.74 Å². The molecule has 1 aliphatic carbocycles. The Morgan fingerprint density at radius 3 is 2.88 bits per heavy atom. The van der Waals surface area contributed by atoms with E-state index in [4.69, 9.17) is 4.74 Å². The first kappa shape index (κ1) is 13.0. The van der Waals surface area contributed by atoms with Crippen molar-refractivity contribution in [3.63, 3.8) is 0 Å². The van der Waals surface area contributed by atoms with Crippen LogP contribution in [0, 0.1) is 0 Å². The summed E-state index contributed by atoms with van der Waals surface area (Å²) in [5.41, 5.74) is 0.0564. The van der Waals surface area contributed by atoms with Crippen LogP contribution in [0.2, 0.25) is 0 Å². The molecule has 0 bridgehead atoms. The van der Waals surface area contributed by atoms with Gasteiger partial charge < -0.3 is 10.1 Å². The molecule has 0 aromatic carbocycles. The van der Waals surface area contributed by atoms with Crippen molar-refractivity contribution in [2.24, 2.45) is 0 Å². The lowest BCUT2D eigenvalue weighted by Gasteiger charge is -2.46. The van der Waals surface area contributed by atoms with E-state index in [-0.39, 0.29) is 5.60 Å². The minimum absolute atomic E-state index is 0.0564. The van der Waals surface area contributed by atoms with Gasteiger partial charge in [0.1, 0.15) is 0 Å². The summed E-state index contributed by atoms with van der Waals surface area (Å²) in [5.74, 6) is 0. The lowest BCUT2D eigenvalue weighted by Crippen LogP contribution is -2.57. The van der Waals surface area contributed by atoms with E-state index in [1.807, 2.05) is 18.7 Å². The van der Waals surface area contributed by atoms with Gasteiger partial charge in [0.25, 0.3) is 0 Å². The predicted octanol–water partition coefficient (Wildman–Crippen LogP) is 2.62. The van der Waals surface area contributed by atoms with Gasteiger partial charge in [0, 0.05) is 31.1 Å². The first-order chi connectivity index (χ1) is 8.30. The number of rotatable bonds is 7. The largest absolute Gasteiger partial charge is 0.377 e. The fraction of sp³-hybridized carbons (Fsp3) is 0.769. The first-order valence-corrected chi connectivity index (χ1v) is 7.35. The number of hydrogen-bond donors (Lipinski definition) is 1. The summed E-state index contributed by atoms with van der Waals surface area (Å²) in [6.45, 7) is 3.26. The third kappa shape index (κ3) is 2.87. The second kappa shape index (κ2) is 5.94. The molecule has 1 heterocycles. The molecule has 1 saturated carbocycles. The summed E-state index contributed by atoms with van der Waals surface area (Å²) >= 11 is 1.74. The van der Waals surface area contributed by atoms with Gasteiger partial charge in [0.05, 0.1) is 10.6 Å². The molecule has 2 rings (SSSR count). The summed E-state index contributed by atoms with van der Waals surface area (Å²) in [7, 11) is 1.85. The third-order valence-electron chi connectivity index (χ3n) is 3.74. The monoisotopic (exact) mass is 254 g/mol. The van der Waals surface area contributed by atoms with Crippen molar-refractivity contribution in [2.45, 2.75) is 50.7 Å². The average Bonchev–Trinajstić information content (AvgIpc) is 2.77. The second-order valence-electron chi connectivity index (χ2n) is 4.76. The van der Waals surface area contributed by atoms with E-state index in [1.54, 1.807) is 11.3 Å². The molecule has 1 atom stereocenters. The molecule has 1 aromatic heterocycles. The van der Waals surface area contributed by atoms with Gasteiger partial charge in [0.15, 0.2) is 0 Å². The average molecular weight is 254 g/mol. The number of ether oxygens (including phenoxy) is 1. The molecule has 0 saturated heterocycles. The van der Waals surface area contributed by atoms with Gasteiger partial charge in [-0.25, -0.2) is 4.98 Å². The molecule has 4 heteroatoms. The van der Waals surface area contributed by atoms with Crippen molar-refractivity contribution in [3.05, 3.63) is 16.6 Å². The Hall–Kier alpha value is -0.450. The topological polar surface area (TPSA) is 34.2 Å². The van der Waals surface area contributed by atoms with E-state index in [9.17, 15) is 0 Å². The zero-order valence-electron chi connectivity index (χ0n) is 10.7. The molecular weight excluding hydrogens is 232 g/mol. The summed E-state index contributed by atoms with van der Waals surface area (Å²) in [6.07, 6.45) is 7.68.